The Balaban J connectivity index is 2.47. The monoisotopic (exact) mass is 270 g/mol. The maximum absolute atomic E-state index is 11.8. The van der Waals surface area contributed by atoms with Crippen LogP contribution in [0.1, 0.15) is 30.1 Å². The van der Waals surface area contributed by atoms with Crippen LogP contribution >= 0.6 is 27.7 Å². The van der Waals surface area contributed by atoms with E-state index in [0.29, 0.717) is 11.7 Å². The molecule has 1 nitrogen and oxygen atoms in total. The number of benzene rings is 1. The first-order valence-corrected chi connectivity index (χ1v) is 6.33. The van der Waals surface area contributed by atoms with Crippen molar-refractivity contribution < 1.29 is 4.79 Å². The Hall–Kier alpha value is -0.280. The molecule has 1 heterocycles. The molecule has 1 aromatic rings. The molecule has 2 rings (SSSR count). The van der Waals surface area contributed by atoms with E-state index in [4.69, 9.17) is 0 Å². The van der Waals surface area contributed by atoms with Gasteiger partial charge in [0.25, 0.3) is 0 Å². The minimum atomic E-state index is 0.276. The van der Waals surface area contributed by atoms with E-state index in [1.54, 1.807) is 11.8 Å². The Kier molecular flexibility index (Phi) is 2.98. The zero-order chi connectivity index (χ0) is 10.1. The zero-order valence-corrected chi connectivity index (χ0v) is 10.3. The molecule has 1 unspecified atom stereocenters. The highest BCUT2D eigenvalue weighted by atomic mass is 79.9. The van der Waals surface area contributed by atoms with Crippen LogP contribution in [0.3, 0.4) is 0 Å². The molecule has 0 radical (unpaired) electrons. The molecule has 0 aliphatic carbocycles. The summed E-state index contributed by atoms with van der Waals surface area (Å²) >= 11 is 5.20. The van der Waals surface area contributed by atoms with Gasteiger partial charge >= 0.3 is 0 Å². The van der Waals surface area contributed by atoms with Crippen LogP contribution < -0.4 is 0 Å². The van der Waals surface area contributed by atoms with Gasteiger partial charge in [0, 0.05) is 26.6 Å². The number of halogens is 1. The van der Waals surface area contributed by atoms with E-state index in [1.807, 2.05) is 18.2 Å². The van der Waals surface area contributed by atoms with Crippen molar-refractivity contribution in [2.45, 2.75) is 29.9 Å². The number of carbonyl (C=O) groups excluding carboxylic acids is 1. The van der Waals surface area contributed by atoms with Crippen molar-refractivity contribution in [3.8, 4) is 0 Å². The van der Waals surface area contributed by atoms with Crippen molar-refractivity contribution >= 4 is 33.5 Å². The van der Waals surface area contributed by atoms with Gasteiger partial charge in [-0.1, -0.05) is 22.9 Å². The SMILES string of the molecule is CC1CCC(=O)c2cc(Br)ccc2S1. The predicted molar refractivity (Wildman–Crippen MR) is 63.0 cm³/mol. The lowest BCUT2D eigenvalue weighted by Crippen LogP contribution is -1.99. The molecule has 1 atom stereocenters. The summed E-state index contributed by atoms with van der Waals surface area (Å²) in [5.41, 5.74) is 0.883. The second-order valence-corrected chi connectivity index (χ2v) is 5.93. The Bertz CT molecular complexity index is 376. The first-order valence-electron chi connectivity index (χ1n) is 4.66. The number of hydrogen-bond acceptors (Lipinski definition) is 2. The number of thioether (sulfide) groups is 1. The second-order valence-electron chi connectivity index (χ2n) is 3.53. The summed E-state index contributed by atoms with van der Waals surface area (Å²) in [6.07, 6.45) is 1.66. The smallest absolute Gasteiger partial charge is 0.164 e. The van der Waals surface area contributed by atoms with Crippen LogP contribution in [0.25, 0.3) is 0 Å². The lowest BCUT2D eigenvalue weighted by Gasteiger charge is -2.07. The molecule has 3 heteroatoms. The summed E-state index contributed by atoms with van der Waals surface area (Å²) in [6.45, 7) is 2.18. The largest absolute Gasteiger partial charge is 0.294 e. The van der Waals surface area contributed by atoms with Crippen molar-refractivity contribution in [2.24, 2.45) is 0 Å². The van der Waals surface area contributed by atoms with E-state index in [2.05, 4.69) is 22.9 Å². The summed E-state index contributed by atoms with van der Waals surface area (Å²) in [4.78, 5) is 12.9. The number of ketones is 1. The fourth-order valence-corrected chi connectivity index (χ4v) is 3.04. The molecule has 1 aromatic carbocycles. The third-order valence-electron chi connectivity index (χ3n) is 2.35. The topological polar surface area (TPSA) is 17.1 Å². The van der Waals surface area contributed by atoms with Gasteiger partial charge in [-0.25, -0.2) is 0 Å². The molecule has 0 fully saturated rings. The molecule has 0 amide bonds. The van der Waals surface area contributed by atoms with Crippen LogP contribution in [0.5, 0.6) is 0 Å². The van der Waals surface area contributed by atoms with Crippen molar-refractivity contribution in [2.75, 3.05) is 0 Å². The third-order valence-corrected chi connectivity index (χ3v) is 4.09. The Morgan fingerprint density at radius 2 is 2.29 bits per heavy atom. The van der Waals surface area contributed by atoms with E-state index < -0.39 is 0 Å². The van der Waals surface area contributed by atoms with Gasteiger partial charge in [0.2, 0.25) is 0 Å². The van der Waals surface area contributed by atoms with E-state index in [-0.39, 0.29) is 5.78 Å². The average Bonchev–Trinajstić information content (AvgIpc) is 2.29. The molecule has 0 N–H and O–H groups in total. The van der Waals surface area contributed by atoms with Gasteiger partial charge in [0.15, 0.2) is 5.78 Å². The molecule has 1 aliphatic heterocycles. The van der Waals surface area contributed by atoms with Gasteiger partial charge in [0.1, 0.15) is 0 Å². The highest BCUT2D eigenvalue weighted by Gasteiger charge is 2.19. The molecular formula is C11H11BrOS. The molecule has 74 valence electrons. The number of Topliss-reactive ketones (excluding diaryl/α,β-unsaturated/α-hetero) is 1. The van der Waals surface area contributed by atoms with Crippen LogP contribution in [0.15, 0.2) is 27.6 Å². The predicted octanol–water partition coefficient (Wildman–Crippen LogP) is 3.91. The van der Waals surface area contributed by atoms with Crippen molar-refractivity contribution in [3.63, 3.8) is 0 Å². The van der Waals surface area contributed by atoms with Crippen molar-refractivity contribution in [1.82, 2.24) is 0 Å². The van der Waals surface area contributed by atoms with Crippen LogP contribution in [0, 0.1) is 0 Å². The molecule has 14 heavy (non-hydrogen) atoms. The first-order chi connectivity index (χ1) is 6.66. The fourth-order valence-electron chi connectivity index (χ4n) is 1.57. The van der Waals surface area contributed by atoms with Gasteiger partial charge in [-0.15, -0.1) is 11.8 Å². The first kappa shape index (κ1) is 10.2. The van der Waals surface area contributed by atoms with Crippen molar-refractivity contribution in [3.05, 3.63) is 28.2 Å². The fraction of sp³-hybridized carbons (Fsp3) is 0.364. The number of rotatable bonds is 0. The van der Waals surface area contributed by atoms with Gasteiger partial charge < -0.3 is 0 Å². The standard InChI is InChI=1S/C11H11BrOS/c1-7-2-4-10(13)9-6-8(12)3-5-11(9)14-7/h3,5-7H,2,4H2,1H3. The molecule has 0 saturated heterocycles. The Morgan fingerprint density at radius 1 is 1.50 bits per heavy atom. The summed E-state index contributed by atoms with van der Waals surface area (Å²) < 4.78 is 0.986. The van der Waals surface area contributed by atoms with E-state index in [9.17, 15) is 4.79 Å². The number of carbonyl (C=O) groups is 1. The summed E-state index contributed by atoms with van der Waals surface area (Å²) in [6, 6.07) is 5.96. The lowest BCUT2D eigenvalue weighted by atomic mass is 10.1. The van der Waals surface area contributed by atoms with Crippen LogP contribution in [0.4, 0.5) is 0 Å². The maximum atomic E-state index is 11.8. The molecule has 0 spiro atoms. The van der Waals surface area contributed by atoms with Crippen molar-refractivity contribution in [1.29, 1.82) is 0 Å². The number of hydrogen-bond donors (Lipinski definition) is 0. The molecular weight excluding hydrogens is 260 g/mol. The Morgan fingerprint density at radius 3 is 3.07 bits per heavy atom. The van der Waals surface area contributed by atoms with Crippen LogP contribution in [-0.2, 0) is 0 Å². The third kappa shape index (κ3) is 2.04. The minimum Gasteiger partial charge on any atom is -0.294 e. The minimum absolute atomic E-state index is 0.276. The highest BCUT2D eigenvalue weighted by molar-refractivity contribution is 9.10. The summed E-state index contributed by atoms with van der Waals surface area (Å²) in [5, 5.41) is 0.543. The highest BCUT2D eigenvalue weighted by Crippen LogP contribution is 2.34. The zero-order valence-electron chi connectivity index (χ0n) is 7.92. The normalized spacial score (nSPS) is 21.6. The van der Waals surface area contributed by atoms with E-state index >= 15 is 0 Å². The second kappa shape index (κ2) is 4.07. The average molecular weight is 271 g/mol. The quantitative estimate of drug-likeness (QED) is 0.711. The molecule has 1 aliphatic rings. The summed E-state index contributed by atoms with van der Waals surface area (Å²) in [7, 11) is 0. The van der Waals surface area contributed by atoms with Gasteiger partial charge in [-0.05, 0) is 24.6 Å². The van der Waals surface area contributed by atoms with Gasteiger partial charge in [0.05, 0.1) is 0 Å². The summed E-state index contributed by atoms with van der Waals surface area (Å²) in [5.74, 6) is 0.276. The maximum Gasteiger partial charge on any atom is 0.164 e. The van der Waals surface area contributed by atoms with Crippen LogP contribution in [-0.4, -0.2) is 11.0 Å². The van der Waals surface area contributed by atoms with Crippen LogP contribution in [0.2, 0.25) is 0 Å². The van der Waals surface area contributed by atoms with E-state index in [1.165, 1.54) is 0 Å². The Labute approximate surface area is 96.4 Å². The lowest BCUT2D eigenvalue weighted by molar-refractivity contribution is 0.0978. The molecule has 0 bridgehead atoms. The molecule has 0 aromatic heterocycles. The van der Waals surface area contributed by atoms with Gasteiger partial charge in [-0.3, -0.25) is 4.79 Å². The number of fused-ring (bicyclic) bond motifs is 1. The van der Waals surface area contributed by atoms with Gasteiger partial charge in [-0.2, -0.15) is 0 Å². The molecule has 0 saturated carbocycles. The van der Waals surface area contributed by atoms with E-state index in [0.717, 1.165) is 21.4 Å².